The lowest BCUT2D eigenvalue weighted by molar-refractivity contribution is 0.383. The van der Waals surface area contributed by atoms with E-state index in [-0.39, 0.29) is 0 Å². The van der Waals surface area contributed by atoms with E-state index in [1.807, 2.05) is 0 Å². The molecule has 2 heteroatoms. The molecule has 0 amide bonds. The molecule has 0 saturated carbocycles. The minimum Gasteiger partial charge on any atom is -0.316 e. The van der Waals surface area contributed by atoms with E-state index in [0.29, 0.717) is 0 Å². The maximum atomic E-state index is 3.62. The van der Waals surface area contributed by atoms with Gasteiger partial charge in [0.1, 0.15) is 0 Å². The van der Waals surface area contributed by atoms with Crippen molar-refractivity contribution in [2.24, 2.45) is 17.8 Å². The van der Waals surface area contributed by atoms with Gasteiger partial charge in [0, 0.05) is 0 Å². The molecule has 14 heavy (non-hydrogen) atoms. The molecular weight excluding hydrogens is 172 g/mol. The summed E-state index contributed by atoms with van der Waals surface area (Å²) in [5, 5.41) is 7.07. The second-order valence-corrected chi connectivity index (χ2v) is 4.74. The molecule has 1 aliphatic rings. The first-order valence-corrected chi connectivity index (χ1v) is 6.19. The van der Waals surface area contributed by atoms with Crippen LogP contribution in [-0.4, -0.2) is 26.2 Å². The van der Waals surface area contributed by atoms with Gasteiger partial charge in [-0.05, 0) is 43.9 Å². The number of hydrogen-bond acceptors (Lipinski definition) is 2. The first-order valence-electron chi connectivity index (χ1n) is 6.19. The fourth-order valence-corrected chi connectivity index (χ4v) is 2.19. The summed E-state index contributed by atoms with van der Waals surface area (Å²) in [6.45, 7) is 11.7. The van der Waals surface area contributed by atoms with Crippen LogP contribution in [0.15, 0.2) is 0 Å². The van der Waals surface area contributed by atoms with Crippen LogP contribution in [0.25, 0.3) is 0 Å². The zero-order chi connectivity index (χ0) is 10.4. The Hall–Kier alpha value is -0.0800. The molecule has 2 atom stereocenters. The Morgan fingerprint density at radius 2 is 2.00 bits per heavy atom. The van der Waals surface area contributed by atoms with Crippen molar-refractivity contribution in [3.05, 3.63) is 0 Å². The lowest BCUT2D eigenvalue weighted by atomic mass is 9.97. The highest BCUT2D eigenvalue weighted by molar-refractivity contribution is 4.79. The highest BCUT2D eigenvalue weighted by atomic mass is 14.9. The topological polar surface area (TPSA) is 24.1 Å². The predicted octanol–water partition coefficient (Wildman–Crippen LogP) is 1.87. The van der Waals surface area contributed by atoms with Crippen molar-refractivity contribution in [2.45, 2.75) is 33.6 Å². The third kappa shape index (κ3) is 3.58. The van der Waals surface area contributed by atoms with Gasteiger partial charge in [0.05, 0.1) is 0 Å². The molecule has 2 nitrogen and oxygen atoms in total. The normalized spacial score (nSPS) is 27.4. The molecule has 0 aromatic rings. The smallest absolute Gasteiger partial charge is 0.000523 e. The molecule has 84 valence electrons. The Kier molecular flexibility index (Phi) is 5.49. The van der Waals surface area contributed by atoms with Gasteiger partial charge in [-0.1, -0.05) is 33.6 Å². The van der Waals surface area contributed by atoms with Gasteiger partial charge in [0.25, 0.3) is 0 Å². The van der Waals surface area contributed by atoms with Crippen LogP contribution in [0.2, 0.25) is 0 Å². The minimum atomic E-state index is 0.851. The number of rotatable bonds is 6. The van der Waals surface area contributed by atoms with Gasteiger partial charge >= 0.3 is 0 Å². The van der Waals surface area contributed by atoms with Crippen molar-refractivity contribution in [1.82, 2.24) is 10.6 Å². The second kappa shape index (κ2) is 6.41. The molecule has 1 fully saturated rings. The Labute approximate surface area is 88.8 Å². The van der Waals surface area contributed by atoms with Gasteiger partial charge in [-0.2, -0.15) is 0 Å². The van der Waals surface area contributed by atoms with E-state index in [2.05, 4.69) is 31.4 Å². The van der Waals surface area contributed by atoms with Crippen molar-refractivity contribution in [1.29, 1.82) is 0 Å². The largest absolute Gasteiger partial charge is 0.316 e. The molecule has 0 aromatic carbocycles. The van der Waals surface area contributed by atoms with Crippen molar-refractivity contribution in [3.8, 4) is 0 Å². The molecule has 0 aromatic heterocycles. The molecule has 2 N–H and O–H groups in total. The average molecular weight is 198 g/mol. The molecule has 1 saturated heterocycles. The van der Waals surface area contributed by atoms with Crippen LogP contribution in [0.3, 0.4) is 0 Å². The average Bonchev–Trinajstić information content (AvgIpc) is 2.59. The summed E-state index contributed by atoms with van der Waals surface area (Å²) >= 11 is 0. The van der Waals surface area contributed by atoms with Crippen molar-refractivity contribution >= 4 is 0 Å². The van der Waals surface area contributed by atoms with Gasteiger partial charge in [0.2, 0.25) is 0 Å². The fraction of sp³-hybridized carbons (Fsp3) is 1.00. The molecule has 0 spiro atoms. The summed E-state index contributed by atoms with van der Waals surface area (Å²) < 4.78 is 0. The first-order chi connectivity index (χ1) is 6.77. The Bertz CT molecular complexity index is 143. The Morgan fingerprint density at radius 3 is 2.50 bits per heavy atom. The van der Waals surface area contributed by atoms with Gasteiger partial charge < -0.3 is 10.6 Å². The Balaban J connectivity index is 2.08. The molecule has 0 aliphatic carbocycles. The molecule has 1 aliphatic heterocycles. The van der Waals surface area contributed by atoms with Crippen molar-refractivity contribution in [2.75, 3.05) is 26.2 Å². The third-order valence-electron chi connectivity index (χ3n) is 3.67. The van der Waals surface area contributed by atoms with E-state index in [4.69, 9.17) is 0 Å². The first kappa shape index (κ1) is 12.0. The SMILES string of the molecule is CCC(CC)CNC[C@@H]1CNC[C@H]1C. The Morgan fingerprint density at radius 1 is 1.29 bits per heavy atom. The van der Waals surface area contributed by atoms with Crippen molar-refractivity contribution < 1.29 is 0 Å². The van der Waals surface area contributed by atoms with E-state index < -0.39 is 0 Å². The zero-order valence-corrected chi connectivity index (χ0v) is 9.97. The maximum Gasteiger partial charge on any atom is -0.000523 e. The highest BCUT2D eigenvalue weighted by Crippen LogP contribution is 2.14. The van der Waals surface area contributed by atoms with Crippen LogP contribution < -0.4 is 10.6 Å². The van der Waals surface area contributed by atoms with Gasteiger partial charge in [-0.3, -0.25) is 0 Å². The van der Waals surface area contributed by atoms with Crippen LogP contribution >= 0.6 is 0 Å². The van der Waals surface area contributed by atoms with E-state index in [0.717, 1.165) is 17.8 Å². The summed E-state index contributed by atoms with van der Waals surface area (Å²) in [6.07, 6.45) is 2.62. The van der Waals surface area contributed by atoms with Gasteiger partial charge in [-0.25, -0.2) is 0 Å². The standard InChI is InChI=1S/C12H26N2/c1-4-11(5-2)7-14-9-12-8-13-6-10(12)3/h10-14H,4-9H2,1-3H3/t10-,12+/m1/s1. The molecule has 0 bridgehead atoms. The lowest BCUT2D eigenvalue weighted by Crippen LogP contribution is -2.30. The third-order valence-corrected chi connectivity index (χ3v) is 3.67. The minimum absolute atomic E-state index is 0.851. The second-order valence-electron chi connectivity index (χ2n) is 4.74. The van der Waals surface area contributed by atoms with E-state index in [1.165, 1.54) is 39.0 Å². The molecule has 0 unspecified atom stereocenters. The lowest BCUT2D eigenvalue weighted by Gasteiger charge is -2.18. The molecular formula is C12H26N2. The molecule has 1 rings (SSSR count). The van der Waals surface area contributed by atoms with Gasteiger partial charge in [0.15, 0.2) is 0 Å². The van der Waals surface area contributed by atoms with Crippen molar-refractivity contribution in [3.63, 3.8) is 0 Å². The van der Waals surface area contributed by atoms with Crippen LogP contribution in [-0.2, 0) is 0 Å². The monoisotopic (exact) mass is 198 g/mol. The number of hydrogen-bond donors (Lipinski definition) is 2. The summed E-state index contributed by atoms with van der Waals surface area (Å²) in [6, 6.07) is 0. The van der Waals surface area contributed by atoms with Crippen LogP contribution in [0.5, 0.6) is 0 Å². The zero-order valence-electron chi connectivity index (χ0n) is 9.97. The quantitative estimate of drug-likeness (QED) is 0.681. The van der Waals surface area contributed by atoms with E-state index in [1.54, 1.807) is 0 Å². The van der Waals surface area contributed by atoms with Gasteiger partial charge in [-0.15, -0.1) is 0 Å². The maximum absolute atomic E-state index is 3.62. The summed E-state index contributed by atoms with van der Waals surface area (Å²) in [5.41, 5.74) is 0. The summed E-state index contributed by atoms with van der Waals surface area (Å²) in [7, 11) is 0. The predicted molar refractivity (Wildman–Crippen MR) is 62.5 cm³/mol. The molecule has 0 radical (unpaired) electrons. The molecule has 1 heterocycles. The van der Waals surface area contributed by atoms with Crippen LogP contribution in [0, 0.1) is 17.8 Å². The fourth-order valence-electron chi connectivity index (χ4n) is 2.19. The van der Waals surface area contributed by atoms with Crippen LogP contribution in [0.1, 0.15) is 33.6 Å². The van der Waals surface area contributed by atoms with E-state index in [9.17, 15) is 0 Å². The highest BCUT2D eigenvalue weighted by Gasteiger charge is 2.22. The van der Waals surface area contributed by atoms with Crippen LogP contribution in [0.4, 0.5) is 0 Å². The summed E-state index contributed by atoms with van der Waals surface area (Å²) in [4.78, 5) is 0. The van der Waals surface area contributed by atoms with E-state index >= 15 is 0 Å². The number of nitrogens with one attached hydrogen (secondary N) is 2. The summed E-state index contributed by atoms with van der Waals surface area (Å²) in [5.74, 6) is 2.58.